The summed E-state index contributed by atoms with van der Waals surface area (Å²) < 4.78 is 17.8. The predicted octanol–water partition coefficient (Wildman–Crippen LogP) is 2.18. The molecular weight excluding hydrogens is 359 g/mol. The third-order valence-electron chi connectivity index (χ3n) is 3.77. The van der Waals surface area contributed by atoms with Crippen molar-refractivity contribution in [2.24, 2.45) is 11.7 Å². The average Bonchev–Trinajstić information content (AvgIpc) is 2.58. The Morgan fingerprint density at radius 3 is 2.35 bits per heavy atom. The van der Waals surface area contributed by atoms with Crippen molar-refractivity contribution in [2.45, 2.75) is 45.0 Å². The van der Waals surface area contributed by atoms with Crippen LogP contribution in [0.4, 0.5) is 0 Å². The smallest absolute Gasteiger partial charge is 0.351 e. The second-order valence-electron chi connectivity index (χ2n) is 6.31. The monoisotopic (exact) mass is 386 g/mol. The quantitative estimate of drug-likeness (QED) is 0.338. The Kier molecular flexibility index (Phi) is 8.95. The number of carbonyl (C=O) groups is 2. The summed E-state index contributed by atoms with van der Waals surface area (Å²) >= 11 is 0. The first-order valence-electron chi connectivity index (χ1n) is 8.48. The first-order chi connectivity index (χ1) is 12.2. The SMILES string of the molecule is CC(C)[C@@H](NC(=O)c1ccccc1)P(=O)(O)OC(CCCCN)C(=O)O. The van der Waals surface area contributed by atoms with Crippen molar-refractivity contribution in [1.82, 2.24) is 5.32 Å². The van der Waals surface area contributed by atoms with Gasteiger partial charge in [-0.05, 0) is 43.9 Å². The zero-order chi connectivity index (χ0) is 19.7. The molecule has 146 valence electrons. The maximum atomic E-state index is 12.7. The highest BCUT2D eigenvalue weighted by Gasteiger charge is 2.40. The molecular formula is C17H27N2O6P. The van der Waals surface area contributed by atoms with Crippen molar-refractivity contribution in [1.29, 1.82) is 0 Å². The molecule has 8 nitrogen and oxygen atoms in total. The van der Waals surface area contributed by atoms with Crippen molar-refractivity contribution in [2.75, 3.05) is 6.54 Å². The minimum atomic E-state index is -4.44. The molecule has 0 bridgehead atoms. The lowest BCUT2D eigenvalue weighted by atomic mass is 10.1. The number of nitrogens with two attached hydrogens (primary N) is 1. The number of unbranched alkanes of at least 4 members (excludes halogenated alkanes) is 1. The molecule has 5 N–H and O–H groups in total. The largest absolute Gasteiger partial charge is 0.479 e. The van der Waals surface area contributed by atoms with E-state index in [1.165, 1.54) is 0 Å². The van der Waals surface area contributed by atoms with Crippen LogP contribution >= 0.6 is 7.60 Å². The first kappa shape index (κ1) is 22.3. The van der Waals surface area contributed by atoms with Crippen molar-refractivity contribution in [3.05, 3.63) is 35.9 Å². The molecule has 9 heteroatoms. The van der Waals surface area contributed by atoms with Crippen LogP contribution in [0.2, 0.25) is 0 Å². The molecule has 0 aliphatic carbocycles. The zero-order valence-electron chi connectivity index (χ0n) is 15.0. The van der Waals surface area contributed by atoms with Gasteiger partial charge in [0.05, 0.1) is 0 Å². The maximum absolute atomic E-state index is 12.7. The Hall–Kier alpha value is -1.73. The maximum Gasteiger partial charge on any atom is 0.351 e. The van der Waals surface area contributed by atoms with Gasteiger partial charge in [0, 0.05) is 5.56 Å². The van der Waals surface area contributed by atoms with Crippen LogP contribution in [0.15, 0.2) is 30.3 Å². The molecule has 0 saturated carbocycles. The van der Waals surface area contributed by atoms with Gasteiger partial charge >= 0.3 is 13.6 Å². The molecule has 0 aliphatic rings. The lowest BCUT2D eigenvalue weighted by molar-refractivity contribution is -0.145. The molecule has 2 unspecified atom stereocenters. The van der Waals surface area contributed by atoms with Gasteiger partial charge in [0.2, 0.25) is 0 Å². The molecule has 0 aromatic heterocycles. The number of hydrogen-bond acceptors (Lipinski definition) is 5. The molecule has 1 amide bonds. The fraction of sp³-hybridized carbons (Fsp3) is 0.529. The van der Waals surface area contributed by atoms with Gasteiger partial charge < -0.3 is 21.1 Å². The van der Waals surface area contributed by atoms with Crippen molar-refractivity contribution < 1.29 is 28.7 Å². The van der Waals surface area contributed by atoms with Gasteiger partial charge in [0.1, 0.15) is 5.78 Å². The van der Waals surface area contributed by atoms with Crippen molar-refractivity contribution in [3.8, 4) is 0 Å². The van der Waals surface area contributed by atoms with Gasteiger partial charge in [-0.15, -0.1) is 0 Å². The highest BCUT2D eigenvalue weighted by atomic mass is 31.2. The Morgan fingerprint density at radius 1 is 1.23 bits per heavy atom. The number of carbonyl (C=O) groups excluding carboxylic acids is 1. The Bertz CT molecular complexity index is 637. The van der Waals surface area contributed by atoms with Gasteiger partial charge in [-0.25, -0.2) is 4.79 Å². The summed E-state index contributed by atoms with van der Waals surface area (Å²) in [5.41, 5.74) is 5.71. The number of benzene rings is 1. The number of carboxylic acids is 1. The molecule has 0 fully saturated rings. The van der Waals surface area contributed by atoms with E-state index in [1.807, 2.05) is 0 Å². The molecule has 1 rings (SSSR count). The molecule has 0 aliphatic heterocycles. The topological polar surface area (TPSA) is 139 Å². The number of hydrogen-bond donors (Lipinski definition) is 4. The average molecular weight is 386 g/mol. The molecule has 0 spiro atoms. The van der Waals surface area contributed by atoms with E-state index in [9.17, 15) is 24.2 Å². The van der Waals surface area contributed by atoms with Crippen LogP contribution in [-0.4, -0.2) is 40.3 Å². The van der Waals surface area contributed by atoms with Gasteiger partial charge in [0.25, 0.3) is 5.91 Å². The minimum absolute atomic E-state index is 0.0640. The second-order valence-corrected chi connectivity index (χ2v) is 8.20. The zero-order valence-corrected chi connectivity index (χ0v) is 15.9. The van der Waals surface area contributed by atoms with E-state index in [0.29, 0.717) is 24.9 Å². The van der Waals surface area contributed by atoms with Crippen molar-refractivity contribution >= 4 is 19.5 Å². The van der Waals surface area contributed by atoms with Crippen LogP contribution in [0.25, 0.3) is 0 Å². The molecule has 0 radical (unpaired) electrons. The highest BCUT2D eigenvalue weighted by Crippen LogP contribution is 2.50. The van der Waals surface area contributed by atoms with Crippen LogP contribution in [0.5, 0.6) is 0 Å². The van der Waals surface area contributed by atoms with E-state index in [-0.39, 0.29) is 6.42 Å². The fourth-order valence-electron chi connectivity index (χ4n) is 2.38. The van der Waals surface area contributed by atoms with E-state index >= 15 is 0 Å². The van der Waals surface area contributed by atoms with Gasteiger partial charge in [-0.1, -0.05) is 32.0 Å². The molecule has 0 saturated heterocycles. The predicted molar refractivity (Wildman–Crippen MR) is 97.8 cm³/mol. The highest BCUT2D eigenvalue weighted by molar-refractivity contribution is 7.53. The Labute approximate surface area is 153 Å². The summed E-state index contributed by atoms with van der Waals surface area (Å²) in [7, 11) is -4.44. The van der Waals surface area contributed by atoms with E-state index in [1.54, 1.807) is 44.2 Å². The third-order valence-corrected chi connectivity index (χ3v) is 5.76. The van der Waals surface area contributed by atoms with Crippen LogP contribution < -0.4 is 11.1 Å². The summed E-state index contributed by atoms with van der Waals surface area (Å²) in [5.74, 6) is -3.53. The number of nitrogens with one attached hydrogen (secondary N) is 1. The number of rotatable bonds is 11. The molecule has 1 aromatic carbocycles. The summed E-state index contributed by atoms with van der Waals surface area (Å²) in [6, 6.07) is 8.24. The van der Waals surface area contributed by atoms with E-state index in [4.69, 9.17) is 10.3 Å². The fourth-order valence-corrected chi connectivity index (χ4v) is 4.10. The number of carboxylic acid groups (broad SMARTS) is 1. The van der Waals surface area contributed by atoms with E-state index in [2.05, 4.69) is 5.32 Å². The third kappa shape index (κ3) is 6.88. The van der Waals surface area contributed by atoms with Crippen LogP contribution in [0.3, 0.4) is 0 Å². The van der Waals surface area contributed by atoms with Crippen LogP contribution in [0, 0.1) is 5.92 Å². The van der Waals surface area contributed by atoms with Crippen LogP contribution in [0.1, 0.15) is 43.5 Å². The number of amides is 1. The van der Waals surface area contributed by atoms with Crippen molar-refractivity contribution in [3.63, 3.8) is 0 Å². The number of aliphatic carboxylic acids is 1. The summed E-state index contributed by atoms with van der Waals surface area (Å²) in [5, 5.41) is 11.7. The van der Waals surface area contributed by atoms with E-state index in [0.717, 1.165) is 0 Å². The summed E-state index contributed by atoms with van der Waals surface area (Å²) in [6.45, 7) is 3.68. The Balaban J connectivity index is 2.89. The molecule has 26 heavy (non-hydrogen) atoms. The first-order valence-corrected chi connectivity index (χ1v) is 10.1. The van der Waals surface area contributed by atoms with Gasteiger partial charge in [-0.2, -0.15) is 0 Å². The second kappa shape index (κ2) is 10.4. The van der Waals surface area contributed by atoms with E-state index < -0.39 is 37.3 Å². The van der Waals surface area contributed by atoms with Crippen LogP contribution in [-0.2, 0) is 13.9 Å². The normalized spacial score (nSPS) is 15.9. The summed E-state index contributed by atoms with van der Waals surface area (Å²) in [6.07, 6.45) is -0.335. The van der Waals surface area contributed by atoms with Gasteiger partial charge in [-0.3, -0.25) is 13.9 Å². The summed E-state index contributed by atoms with van der Waals surface area (Å²) in [4.78, 5) is 34.0. The lowest BCUT2D eigenvalue weighted by Gasteiger charge is -2.28. The molecule has 0 heterocycles. The molecule has 1 aromatic rings. The Morgan fingerprint density at radius 2 is 1.85 bits per heavy atom. The standard InChI is InChI=1S/C17H27N2O6P/c1-12(2)16(19-15(20)13-8-4-3-5-9-13)26(23,24)25-14(17(21)22)10-6-7-11-18/h3-5,8-9,12,14,16H,6-7,10-11,18H2,1-2H3,(H,19,20)(H,21,22)(H,23,24)/t14?,16-/m0/s1. The molecule has 3 atom stereocenters. The minimum Gasteiger partial charge on any atom is -0.479 e. The van der Waals surface area contributed by atoms with Gasteiger partial charge in [0.15, 0.2) is 6.10 Å². The lowest BCUT2D eigenvalue weighted by Crippen LogP contribution is -2.40.